The van der Waals surface area contributed by atoms with Crippen LogP contribution in [0.4, 0.5) is 10.1 Å². The first-order chi connectivity index (χ1) is 10.7. The lowest BCUT2D eigenvalue weighted by atomic mass is 10.1. The number of hydrogen-bond donors (Lipinski definition) is 3. The molecule has 0 saturated heterocycles. The normalized spacial score (nSPS) is 10.5. The fourth-order valence-corrected chi connectivity index (χ4v) is 2.09. The van der Waals surface area contributed by atoms with Crippen LogP contribution in [-0.4, -0.2) is 32.6 Å². The van der Waals surface area contributed by atoms with Crippen molar-refractivity contribution in [3.63, 3.8) is 0 Å². The summed E-state index contributed by atoms with van der Waals surface area (Å²) in [6.07, 6.45) is 5.94. The Kier molecular flexibility index (Phi) is 9.23. The molecule has 0 heterocycles. The average Bonchev–Trinajstić information content (AvgIpc) is 2.52. The van der Waals surface area contributed by atoms with E-state index in [9.17, 15) is 4.39 Å². The van der Waals surface area contributed by atoms with Crippen molar-refractivity contribution in [2.75, 3.05) is 32.1 Å². The van der Waals surface area contributed by atoms with Gasteiger partial charge in [0.05, 0.1) is 5.69 Å². The highest BCUT2D eigenvalue weighted by molar-refractivity contribution is 5.92. The number of ether oxygens (including phenoxy) is 1. The Morgan fingerprint density at radius 1 is 1.18 bits per heavy atom. The van der Waals surface area contributed by atoms with Gasteiger partial charge >= 0.3 is 0 Å². The summed E-state index contributed by atoms with van der Waals surface area (Å²) in [5, 5.41) is 13.8. The van der Waals surface area contributed by atoms with Crippen molar-refractivity contribution in [2.45, 2.75) is 39.0 Å². The second-order valence-corrected chi connectivity index (χ2v) is 5.32. The topological polar surface area (TPSA) is 57.1 Å². The Bertz CT molecular complexity index is 452. The molecule has 0 aliphatic carbocycles. The highest BCUT2D eigenvalue weighted by Crippen LogP contribution is 2.16. The van der Waals surface area contributed by atoms with Crippen LogP contribution >= 0.6 is 0 Å². The molecule has 1 aromatic carbocycles. The van der Waals surface area contributed by atoms with Crippen LogP contribution in [0, 0.1) is 11.2 Å². The molecule has 0 bridgehead atoms. The third kappa shape index (κ3) is 6.89. The monoisotopic (exact) mass is 309 g/mol. The summed E-state index contributed by atoms with van der Waals surface area (Å²) in [7, 11) is 1.81. The Morgan fingerprint density at radius 2 is 1.95 bits per heavy atom. The summed E-state index contributed by atoms with van der Waals surface area (Å²) in [5.41, 5.74) is 0.948. The minimum Gasteiger partial charge on any atom is -0.476 e. The highest BCUT2D eigenvalue weighted by atomic mass is 19.1. The van der Waals surface area contributed by atoms with Crippen LogP contribution in [0.15, 0.2) is 18.2 Å². The summed E-state index contributed by atoms with van der Waals surface area (Å²) < 4.78 is 19.2. The van der Waals surface area contributed by atoms with Gasteiger partial charge < -0.3 is 15.4 Å². The molecule has 1 rings (SSSR count). The number of hydrogen-bond acceptors (Lipinski definition) is 4. The van der Waals surface area contributed by atoms with Gasteiger partial charge in [0.1, 0.15) is 12.4 Å². The molecule has 124 valence electrons. The van der Waals surface area contributed by atoms with Gasteiger partial charge in [0.25, 0.3) is 0 Å². The van der Waals surface area contributed by atoms with Gasteiger partial charge in [0.2, 0.25) is 5.90 Å². The SMILES string of the molecule is CCCCCCCNc1ccc(C(=N)OCCNC)cc1F. The third-order valence-electron chi connectivity index (χ3n) is 3.43. The van der Waals surface area contributed by atoms with E-state index in [1.54, 1.807) is 12.1 Å². The van der Waals surface area contributed by atoms with E-state index in [4.69, 9.17) is 10.1 Å². The van der Waals surface area contributed by atoms with E-state index in [0.29, 0.717) is 24.4 Å². The predicted octanol–water partition coefficient (Wildman–Crippen LogP) is 3.77. The Hall–Kier alpha value is -1.62. The van der Waals surface area contributed by atoms with Crippen LogP contribution < -0.4 is 10.6 Å². The van der Waals surface area contributed by atoms with E-state index < -0.39 is 0 Å². The van der Waals surface area contributed by atoms with Gasteiger partial charge in [0.15, 0.2) is 0 Å². The molecular weight excluding hydrogens is 281 g/mol. The molecule has 0 aromatic heterocycles. The first kappa shape index (κ1) is 18.4. The molecule has 4 nitrogen and oxygen atoms in total. The summed E-state index contributed by atoms with van der Waals surface area (Å²) in [6.45, 7) is 4.02. The van der Waals surface area contributed by atoms with Crippen LogP contribution in [0.5, 0.6) is 0 Å². The zero-order valence-electron chi connectivity index (χ0n) is 13.7. The lowest BCUT2D eigenvalue weighted by molar-refractivity contribution is 0.304. The molecule has 0 aliphatic heterocycles. The van der Waals surface area contributed by atoms with E-state index in [1.165, 1.54) is 31.7 Å². The molecule has 5 heteroatoms. The van der Waals surface area contributed by atoms with Crippen LogP contribution in [0.25, 0.3) is 0 Å². The summed E-state index contributed by atoms with van der Waals surface area (Å²) >= 11 is 0. The molecule has 0 saturated carbocycles. The fourth-order valence-electron chi connectivity index (χ4n) is 2.09. The van der Waals surface area contributed by atoms with Gasteiger partial charge in [-0.05, 0) is 31.7 Å². The zero-order valence-corrected chi connectivity index (χ0v) is 13.7. The molecule has 0 radical (unpaired) electrons. The van der Waals surface area contributed by atoms with Gasteiger partial charge in [-0.15, -0.1) is 0 Å². The second kappa shape index (κ2) is 11.0. The Morgan fingerprint density at radius 3 is 2.64 bits per heavy atom. The lowest BCUT2D eigenvalue weighted by Crippen LogP contribution is -2.17. The maximum absolute atomic E-state index is 14.0. The lowest BCUT2D eigenvalue weighted by Gasteiger charge is -2.10. The van der Waals surface area contributed by atoms with Crippen molar-refractivity contribution in [1.29, 1.82) is 5.41 Å². The molecule has 0 aliphatic rings. The number of halogens is 1. The summed E-state index contributed by atoms with van der Waals surface area (Å²) in [6, 6.07) is 4.73. The quantitative estimate of drug-likeness (QED) is 0.331. The van der Waals surface area contributed by atoms with Gasteiger partial charge in [0, 0.05) is 18.7 Å². The van der Waals surface area contributed by atoms with Crippen LogP contribution in [0.1, 0.15) is 44.6 Å². The zero-order chi connectivity index (χ0) is 16.2. The largest absolute Gasteiger partial charge is 0.476 e. The third-order valence-corrected chi connectivity index (χ3v) is 3.43. The van der Waals surface area contributed by atoms with E-state index in [0.717, 1.165) is 13.0 Å². The van der Waals surface area contributed by atoms with Crippen molar-refractivity contribution >= 4 is 11.6 Å². The van der Waals surface area contributed by atoms with Crippen LogP contribution in [0.3, 0.4) is 0 Å². The minimum atomic E-state index is -0.340. The smallest absolute Gasteiger partial charge is 0.213 e. The van der Waals surface area contributed by atoms with Crippen LogP contribution in [0.2, 0.25) is 0 Å². The van der Waals surface area contributed by atoms with Crippen molar-refractivity contribution in [2.24, 2.45) is 0 Å². The Labute approximate surface area is 133 Å². The molecule has 0 amide bonds. The minimum absolute atomic E-state index is 0.000246. The molecule has 3 N–H and O–H groups in total. The van der Waals surface area contributed by atoms with Crippen molar-refractivity contribution in [1.82, 2.24) is 5.32 Å². The average molecular weight is 309 g/mol. The van der Waals surface area contributed by atoms with E-state index >= 15 is 0 Å². The van der Waals surface area contributed by atoms with Gasteiger partial charge in [-0.2, -0.15) is 0 Å². The molecule has 0 atom stereocenters. The van der Waals surface area contributed by atoms with Crippen LogP contribution in [-0.2, 0) is 4.74 Å². The van der Waals surface area contributed by atoms with Gasteiger partial charge in [-0.1, -0.05) is 32.6 Å². The Balaban J connectivity index is 2.39. The summed E-state index contributed by atoms with van der Waals surface area (Å²) in [5.74, 6) is -0.340. The number of unbranched alkanes of at least 4 members (excludes halogenated alkanes) is 4. The number of anilines is 1. The van der Waals surface area contributed by atoms with Crippen molar-refractivity contribution < 1.29 is 9.13 Å². The molecule has 22 heavy (non-hydrogen) atoms. The number of rotatable bonds is 11. The first-order valence-corrected chi connectivity index (χ1v) is 8.08. The molecule has 0 unspecified atom stereocenters. The van der Waals surface area contributed by atoms with Crippen molar-refractivity contribution in [3.8, 4) is 0 Å². The maximum Gasteiger partial charge on any atom is 0.213 e. The van der Waals surface area contributed by atoms with Gasteiger partial charge in [-0.3, -0.25) is 5.41 Å². The summed E-state index contributed by atoms with van der Waals surface area (Å²) in [4.78, 5) is 0. The fraction of sp³-hybridized carbons (Fsp3) is 0.588. The molecule has 1 aromatic rings. The van der Waals surface area contributed by atoms with E-state index in [2.05, 4.69) is 17.6 Å². The van der Waals surface area contributed by atoms with Gasteiger partial charge in [-0.25, -0.2) is 4.39 Å². The van der Waals surface area contributed by atoms with Crippen molar-refractivity contribution in [3.05, 3.63) is 29.6 Å². The second-order valence-electron chi connectivity index (χ2n) is 5.32. The number of benzene rings is 1. The highest BCUT2D eigenvalue weighted by Gasteiger charge is 2.07. The molecular formula is C17H28FN3O. The number of likely N-dealkylation sites (N-methyl/N-ethyl adjacent to an activating group) is 1. The molecule has 0 spiro atoms. The molecule has 0 fully saturated rings. The maximum atomic E-state index is 14.0. The first-order valence-electron chi connectivity index (χ1n) is 8.08. The predicted molar refractivity (Wildman–Crippen MR) is 90.4 cm³/mol. The van der Waals surface area contributed by atoms with E-state index in [1.807, 2.05) is 7.05 Å². The van der Waals surface area contributed by atoms with E-state index in [-0.39, 0.29) is 11.7 Å². The standard InChI is InChI=1S/C17H28FN3O/c1-3-4-5-6-7-10-21-16-9-8-14(13-15(16)18)17(19)22-12-11-20-2/h8-9,13,19-21H,3-7,10-12H2,1-2H3. The number of nitrogens with one attached hydrogen (secondary N) is 3.